The molecule has 5 fully saturated rings. The first-order valence-electron chi connectivity index (χ1n) is 35.0. The van der Waals surface area contributed by atoms with Gasteiger partial charge in [-0.2, -0.15) is 0 Å². The fraction of sp³-hybridized carbons (Fsp3) is 0.671. The van der Waals surface area contributed by atoms with Crippen LogP contribution >= 0.6 is 0 Å². The second-order valence-electron chi connectivity index (χ2n) is 25.7. The zero-order chi connectivity index (χ0) is 84.7. The molecule has 5 saturated heterocycles. The molecule has 0 aliphatic carbocycles. The topological polar surface area (TPSA) is 542 Å². The number of rotatable bonds is 33. The molecule has 44 heteroatoms. The van der Waals surface area contributed by atoms with Crippen molar-refractivity contribution in [1.29, 1.82) is 0 Å². The third-order valence-electron chi connectivity index (χ3n) is 16.2. The van der Waals surface area contributed by atoms with Crippen LogP contribution < -0.4 is 10.1 Å². The lowest BCUT2D eigenvalue weighted by atomic mass is 9.94. The number of ether oxygens (including phenoxy) is 26. The van der Waals surface area contributed by atoms with Gasteiger partial charge in [-0.25, -0.2) is 0 Å². The van der Waals surface area contributed by atoms with Crippen LogP contribution in [0, 0.1) is 0 Å². The van der Waals surface area contributed by atoms with E-state index in [-0.39, 0.29) is 5.75 Å². The minimum Gasteiger partial charge on any atom is -0.484 e. The number of carbonyl (C=O) groups is 17. The lowest BCUT2D eigenvalue weighted by Crippen LogP contribution is -2.71. The maximum absolute atomic E-state index is 14.1. The molecule has 0 aromatic heterocycles. The molecule has 25 atom stereocenters. The highest BCUT2D eigenvalue weighted by molar-refractivity contribution is 5.78. The van der Waals surface area contributed by atoms with Gasteiger partial charge >= 0.3 is 95.5 Å². The number of para-hydroxylation sites is 1. The predicted octanol–water partition coefficient (Wildman–Crippen LogP) is -1.59. The van der Waals surface area contributed by atoms with Gasteiger partial charge in [0.2, 0.25) is 0 Å². The Kier molecular flexibility index (Phi) is 35.1. The molecule has 5 aliphatic rings. The summed E-state index contributed by atoms with van der Waals surface area (Å²) in [6, 6.07) is 7.83. The molecule has 5 aliphatic heterocycles. The van der Waals surface area contributed by atoms with E-state index in [1.807, 2.05) is 0 Å². The van der Waals surface area contributed by atoms with Gasteiger partial charge in [-0.15, -0.1) is 0 Å². The first kappa shape index (κ1) is 92.5. The maximum Gasteiger partial charge on any atom is 0.303 e. The molecule has 0 bridgehead atoms. The summed E-state index contributed by atoms with van der Waals surface area (Å²) in [6.45, 7) is 8.94. The highest BCUT2D eigenvalue weighted by Gasteiger charge is 2.63. The summed E-state index contributed by atoms with van der Waals surface area (Å²) in [5, 5.41) is 2.51. The van der Waals surface area contributed by atoms with Crippen LogP contribution in [0.5, 0.6) is 5.75 Å². The molecule has 0 saturated carbocycles. The summed E-state index contributed by atoms with van der Waals surface area (Å²) in [7, 11) is 0. The zero-order valence-electron chi connectivity index (χ0n) is 64.6. The van der Waals surface area contributed by atoms with Crippen LogP contribution in [-0.4, -0.2) is 295 Å². The minimum absolute atomic E-state index is 0.187. The highest BCUT2D eigenvalue weighted by Crippen LogP contribution is 2.42. The summed E-state index contributed by atoms with van der Waals surface area (Å²) >= 11 is 0. The minimum atomic E-state index is -2.49. The summed E-state index contributed by atoms with van der Waals surface area (Å²) in [6.07, 6.45) is -53.4. The van der Waals surface area contributed by atoms with Gasteiger partial charge in [0.05, 0.1) is 0 Å². The van der Waals surface area contributed by atoms with E-state index in [4.69, 9.17) is 123 Å². The Bertz CT molecular complexity index is 3610. The number of nitrogens with one attached hydrogen (secondary N) is 1. The van der Waals surface area contributed by atoms with Crippen LogP contribution in [0.2, 0.25) is 0 Å². The Morgan fingerprint density at radius 1 is 0.254 bits per heavy atom. The van der Waals surface area contributed by atoms with E-state index in [0.717, 1.165) is 111 Å². The molecule has 1 aromatic carbocycles. The van der Waals surface area contributed by atoms with E-state index in [2.05, 4.69) is 5.32 Å². The molecule has 5 heterocycles. The molecule has 1 amide bonds. The summed E-state index contributed by atoms with van der Waals surface area (Å²) in [5.74, 6) is -18.7. The monoisotopic (exact) mass is 1630 g/mol. The Labute approximate surface area is 649 Å². The van der Waals surface area contributed by atoms with Crippen molar-refractivity contribution >= 4 is 101 Å². The molecule has 0 unspecified atom stereocenters. The van der Waals surface area contributed by atoms with Crippen molar-refractivity contribution < 1.29 is 205 Å². The average Bonchev–Trinajstić information content (AvgIpc) is 0.754. The molecule has 1 aromatic rings. The van der Waals surface area contributed by atoms with Crippen LogP contribution in [0.1, 0.15) is 111 Å². The molecule has 114 heavy (non-hydrogen) atoms. The van der Waals surface area contributed by atoms with Crippen molar-refractivity contribution in [3.63, 3.8) is 0 Å². The van der Waals surface area contributed by atoms with Crippen LogP contribution in [0.3, 0.4) is 0 Å². The third kappa shape index (κ3) is 28.0. The molecule has 0 spiro atoms. The second-order valence-corrected chi connectivity index (χ2v) is 25.7. The number of amides is 1. The molecular weight excluding hydrogens is 1540 g/mol. The lowest BCUT2D eigenvalue weighted by molar-refractivity contribution is -0.394. The molecule has 44 nitrogen and oxygen atoms in total. The maximum atomic E-state index is 14.1. The normalized spacial score (nSPS) is 31.0. The van der Waals surface area contributed by atoms with Crippen LogP contribution in [0.25, 0.3) is 0 Å². The molecule has 1 N–H and O–H groups in total. The van der Waals surface area contributed by atoms with Gasteiger partial charge in [-0.1, -0.05) is 18.2 Å². The quantitative estimate of drug-likeness (QED) is 0.0612. The summed E-state index contributed by atoms with van der Waals surface area (Å²) < 4.78 is 155. The van der Waals surface area contributed by atoms with E-state index < -0.39 is 295 Å². The predicted molar refractivity (Wildman–Crippen MR) is 357 cm³/mol. The number of hydrogen-bond donors (Lipinski definition) is 1. The lowest BCUT2D eigenvalue weighted by Gasteiger charge is -2.52. The first-order valence-corrected chi connectivity index (χ1v) is 35.0. The number of esters is 16. The van der Waals surface area contributed by atoms with Crippen molar-refractivity contribution in [3.8, 4) is 5.75 Å². The number of hydrogen-bond acceptors (Lipinski definition) is 43. The Morgan fingerprint density at radius 2 is 0.465 bits per heavy atom. The zero-order valence-corrected chi connectivity index (χ0v) is 64.6. The fourth-order valence-corrected chi connectivity index (χ4v) is 12.3. The fourth-order valence-electron chi connectivity index (χ4n) is 12.3. The molecule has 634 valence electrons. The van der Waals surface area contributed by atoms with Crippen LogP contribution in [0.4, 0.5) is 0 Å². The van der Waals surface area contributed by atoms with Crippen molar-refractivity contribution in [3.05, 3.63) is 30.3 Å². The molecular formula is C70H91NO43. The van der Waals surface area contributed by atoms with Crippen molar-refractivity contribution in [2.45, 2.75) is 264 Å². The Balaban J connectivity index is 1.63. The Hall–Kier alpha value is -10.3. The SMILES string of the molecule is CC(=O)OC[C@H]1O[C@H](O[C@@H]2[C@H](OC(C)=O)[C@@H](O[C@@H]3[C@H](OC(C)=O)[C@@H](O[C@@H]4[C@H](OC(C)=O)[C@@H](O[C@H]5[C@@H](OC(C)=O)[C@H](OC(C)=O)[C@@H](COC(C)=O)O[C@@H]5NC(=O)COc5ccccc5)O[C@H](COC(C)=O)[C@H]4OC(C)=O)O[C@H](COC(C)=O)[C@H]3OC(C)=O)O[C@H](COC(C)=O)[C@H]2OC(C)=O)[C@@H](OC(C)=O)[C@@H](OC(C)=O)[C@@H]1OC(C)=O. The summed E-state index contributed by atoms with van der Waals surface area (Å²) in [4.78, 5) is 225. The largest absolute Gasteiger partial charge is 0.484 e. The van der Waals surface area contributed by atoms with Gasteiger partial charge in [0.25, 0.3) is 5.91 Å². The van der Waals surface area contributed by atoms with Crippen molar-refractivity contribution in [1.82, 2.24) is 5.32 Å². The smallest absolute Gasteiger partial charge is 0.303 e. The highest BCUT2D eigenvalue weighted by atomic mass is 16.8. The number of benzene rings is 1. The standard InChI is InChI=1S/C70H91NO43/c1-28(72)89-22-45-51(95-33(6)77)56(100-38(11)82)61(66(106-45)71-50(88)27-94-44-20-18-17-19-21-44)114-70-65(105-43(16)87)60(55(99-37(10)81)49(110-70)26-93-32(5)76)113-69-64(104-42(15)86)59(54(98-36(9)80)48(109-69)25-92-31(4)75)112-68-63(103-41(14)85)58(53(97-35(8)79)47(108-68)24-91-30(3)74)111-67-62(102-40(13)84)57(101-39(12)83)52(96-34(7)78)46(107-67)23-90-29(2)73/h17-21,45-49,51-70H,22-27H2,1-16H3,(H,71,88)/t45-,46-,47-,48-,49-,51-,52-,53-,54-,55-,56+,57+,58+,59+,60+,61+,62+,63+,64+,65+,66+,67-,68-,69-,70-/m1/s1. The van der Waals surface area contributed by atoms with Crippen LogP contribution in [0.15, 0.2) is 30.3 Å². The van der Waals surface area contributed by atoms with Gasteiger partial charge in [0.15, 0.2) is 105 Å². The van der Waals surface area contributed by atoms with E-state index in [1.165, 1.54) is 12.1 Å². The molecule has 0 radical (unpaired) electrons. The van der Waals surface area contributed by atoms with Gasteiger partial charge < -0.3 is 128 Å². The van der Waals surface area contributed by atoms with E-state index in [9.17, 15) is 81.5 Å². The van der Waals surface area contributed by atoms with E-state index >= 15 is 0 Å². The average molecular weight is 1630 g/mol. The number of carbonyl (C=O) groups excluding carboxylic acids is 17. The third-order valence-corrected chi connectivity index (χ3v) is 16.2. The second kappa shape index (κ2) is 43.2. The Morgan fingerprint density at radius 3 is 0.719 bits per heavy atom. The van der Waals surface area contributed by atoms with Gasteiger partial charge in [-0.05, 0) is 12.1 Å². The van der Waals surface area contributed by atoms with Crippen molar-refractivity contribution in [2.75, 3.05) is 39.6 Å². The van der Waals surface area contributed by atoms with Gasteiger partial charge in [-0.3, -0.25) is 81.5 Å². The summed E-state index contributed by atoms with van der Waals surface area (Å²) in [5.41, 5.74) is 0. The van der Waals surface area contributed by atoms with Crippen LogP contribution in [-0.2, 0) is 200 Å². The molecule has 6 rings (SSSR count). The van der Waals surface area contributed by atoms with E-state index in [0.29, 0.717) is 0 Å². The van der Waals surface area contributed by atoms with Crippen molar-refractivity contribution in [2.24, 2.45) is 0 Å². The van der Waals surface area contributed by atoms with Gasteiger partial charge in [0.1, 0.15) is 93.7 Å². The van der Waals surface area contributed by atoms with Gasteiger partial charge in [0, 0.05) is 111 Å². The first-order chi connectivity index (χ1) is 53.6. The van der Waals surface area contributed by atoms with E-state index in [1.54, 1.807) is 18.2 Å².